The molecule has 0 fully saturated rings. The van der Waals surface area contributed by atoms with Gasteiger partial charge in [-0.3, -0.25) is 19.0 Å². The Morgan fingerprint density at radius 2 is 1.80 bits per heavy atom. The van der Waals surface area contributed by atoms with Crippen molar-refractivity contribution in [3.05, 3.63) is 127 Å². The van der Waals surface area contributed by atoms with Gasteiger partial charge in [0.2, 0.25) is 0 Å². The van der Waals surface area contributed by atoms with E-state index in [1.54, 1.807) is 76.8 Å². The van der Waals surface area contributed by atoms with E-state index >= 15 is 0 Å². The van der Waals surface area contributed by atoms with E-state index in [4.69, 9.17) is 9.84 Å². The number of ether oxygens (including phenoxy) is 1. The molecule has 2 amide bonds. The van der Waals surface area contributed by atoms with Crippen molar-refractivity contribution in [3.63, 3.8) is 0 Å². The highest BCUT2D eigenvalue weighted by Crippen LogP contribution is 2.26. The number of hydrogen-bond donors (Lipinski definition) is 1. The lowest BCUT2D eigenvalue weighted by atomic mass is 10.0. The molecule has 10 nitrogen and oxygen atoms in total. The Morgan fingerprint density at radius 3 is 2.48 bits per heavy atom. The van der Waals surface area contributed by atoms with Crippen molar-refractivity contribution in [2.75, 3.05) is 20.7 Å². The maximum Gasteiger partial charge on any atom is 0.261 e. The van der Waals surface area contributed by atoms with Gasteiger partial charge < -0.3 is 15.0 Å². The molecule has 1 N–H and O–H groups in total. The van der Waals surface area contributed by atoms with Crippen LogP contribution >= 0.6 is 15.9 Å². The first-order valence-corrected chi connectivity index (χ1v) is 14.7. The number of hydrogen-bond acceptors (Lipinski definition) is 6. The van der Waals surface area contributed by atoms with Crippen LogP contribution in [0.25, 0.3) is 11.3 Å². The van der Waals surface area contributed by atoms with Crippen LogP contribution in [0, 0.1) is 11.3 Å². The third kappa shape index (κ3) is 5.14. The van der Waals surface area contributed by atoms with E-state index < -0.39 is 0 Å². The molecule has 11 heteroatoms. The minimum absolute atomic E-state index is 0.179. The van der Waals surface area contributed by atoms with Crippen molar-refractivity contribution < 1.29 is 14.3 Å². The third-order valence-corrected chi connectivity index (χ3v) is 8.55. The molecule has 0 bridgehead atoms. The SMILES string of the molecule is CNC(=O)c1ccc(-n2c(=O)c3c(n4ncc(Cc5ccc(OC)cc5)c24)CN(C(=O)c2ccc(Br)c(C#N)c2)CC3)cc1. The summed E-state index contributed by atoms with van der Waals surface area (Å²) in [5.41, 5.74) is 5.28. The first-order valence-electron chi connectivity index (χ1n) is 13.9. The van der Waals surface area contributed by atoms with Gasteiger partial charge in [0.15, 0.2) is 0 Å². The Morgan fingerprint density at radius 1 is 1.07 bits per heavy atom. The van der Waals surface area contributed by atoms with Gasteiger partial charge in [-0.2, -0.15) is 10.4 Å². The summed E-state index contributed by atoms with van der Waals surface area (Å²) in [5.74, 6) is 0.294. The molecule has 220 valence electrons. The lowest BCUT2D eigenvalue weighted by Crippen LogP contribution is -2.41. The van der Waals surface area contributed by atoms with Gasteiger partial charge in [-0.25, -0.2) is 4.52 Å². The van der Waals surface area contributed by atoms with Gasteiger partial charge in [0.25, 0.3) is 17.4 Å². The number of fused-ring (bicyclic) bond motifs is 3. The zero-order valence-corrected chi connectivity index (χ0v) is 25.6. The molecule has 0 radical (unpaired) electrons. The molecule has 3 heterocycles. The van der Waals surface area contributed by atoms with Crippen LogP contribution in [0.1, 0.15) is 48.7 Å². The van der Waals surface area contributed by atoms with Crippen molar-refractivity contribution in [1.29, 1.82) is 5.26 Å². The molecule has 1 aliphatic heterocycles. The molecule has 1 aliphatic rings. The number of halogens is 1. The molecular formula is C33H27BrN6O4. The molecule has 44 heavy (non-hydrogen) atoms. The largest absolute Gasteiger partial charge is 0.497 e. The number of benzene rings is 3. The lowest BCUT2D eigenvalue weighted by Gasteiger charge is -2.30. The minimum atomic E-state index is -0.229. The standard InChI is InChI=1S/C33H27BrN6O4/c1-36-30(41)21-5-8-25(9-6-21)39-31-24(15-20-3-10-26(44-2)11-4-20)18-37-40(31)29-19-38(14-13-27(29)33(39)43)32(42)22-7-12-28(34)23(16-22)17-35/h3-12,16,18H,13-15,19H2,1-2H3,(H,36,41). The predicted octanol–water partition coefficient (Wildman–Crippen LogP) is 4.28. The van der Waals surface area contributed by atoms with Gasteiger partial charge in [-0.15, -0.1) is 0 Å². The topological polar surface area (TPSA) is 122 Å². The third-order valence-electron chi connectivity index (χ3n) is 7.86. The van der Waals surface area contributed by atoms with Gasteiger partial charge in [0.1, 0.15) is 17.5 Å². The van der Waals surface area contributed by atoms with Gasteiger partial charge in [-0.05, 0) is 82.5 Å². The molecule has 3 aromatic carbocycles. The van der Waals surface area contributed by atoms with E-state index in [2.05, 4.69) is 27.3 Å². The van der Waals surface area contributed by atoms with Crippen LogP contribution in [0.4, 0.5) is 0 Å². The van der Waals surface area contributed by atoms with E-state index in [0.29, 0.717) is 63.1 Å². The molecule has 2 aromatic heterocycles. The van der Waals surface area contributed by atoms with E-state index in [1.165, 1.54) is 0 Å². The Balaban J connectivity index is 1.47. The maximum atomic E-state index is 14.2. The second kappa shape index (κ2) is 11.8. The van der Waals surface area contributed by atoms with Crippen LogP contribution in [0.5, 0.6) is 5.75 Å². The number of aromatic nitrogens is 3. The quantitative estimate of drug-likeness (QED) is 0.293. The second-order valence-electron chi connectivity index (χ2n) is 10.4. The molecule has 0 aliphatic carbocycles. The molecule has 0 atom stereocenters. The summed E-state index contributed by atoms with van der Waals surface area (Å²) in [5, 5.41) is 16.8. The number of nitrogens with one attached hydrogen (secondary N) is 1. The predicted molar refractivity (Wildman–Crippen MR) is 167 cm³/mol. The smallest absolute Gasteiger partial charge is 0.261 e. The van der Waals surface area contributed by atoms with Crippen molar-refractivity contribution in [3.8, 4) is 17.5 Å². The van der Waals surface area contributed by atoms with Crippen LogP contribution in [0.3, 0.4) is 0 Å². The monoisotopic (exact) mass is 650 g/mol. The number of amides is 2. The number of rotatable bonds is 6. The summed E-state index contributed by atoms with van der Waals surface area (Å²) < 4.78 is 9.32. The average molecular weight is 652 g/mol. The number of carbonyl (C=O) groups is 2. The Labute approximate surface area is 261 Å². The van der Waals surface area contributed by atoms with E-state index in [1.807, 2.05) is 24.3 Å². The second-order valence-corrected chi connectivity index (χ2v) is 11.3. The van der Waals surface area contributed by atoms with Gasteiger partial charge in [0, 0.05) is 46.7 Å². The number of nitriles is 1. The average Bonchev–Trinajstić information content (AvgIpc) is 3.47. The highest BCUT2D eigenvalue weighted by molar-refractivity contribution is 9.10. The van der Waals surface area contributed by atoms with Crippen LogP contribution in [0.15, 0.2) is 82.2 Å². The molecule has 0 spiro atoms. The summed E-state index contributed by atoms with van der Waals surface area (Å²) in [7, 11) is 3.18. The Hall–Kier alpha value is -5.21. The van der Waals surface area contributed by atoms with E-state index in [-0.39, 0.29) is 23.9 Å². The summed E-state index contributed by atoms with van der Waals surface area (Å²) in [4.78, 5) is 41.7. The Kier molecular flexibility index (Phi) is 7.76. The van der Waals surface area contributed by atoms with Crippen molar-refractivity contribution in [1.82, 2.24) is 24.4 Å². The first-order chi connectivity index (χ1) is 21.3. The fraction of sp³-hybridized carbons (Fsp3) is 0.182. The number of carbonyl (C=O) groups excluding carboxylic acids is 2. The number of nitrogens with zero attached hydrogens (tertiary/aromatic N) is 5. The summed E-state index contributed by atoms with van der Waals surface area (Å²) in [6.07, 6.45) is 2.59. The maximum absolute atomic E-state index is 14.2. The molecule has 5 aromatic rings. The molecule has 0 saturated carbocycles. The molecular weight excluding hydrogens is 624 g/mol. The van der Waals surface area contributed by atoms with Gasteiger partial charge in [-0.1, -0.05) is 12.1 Å². The summed E-state index contributed by atoms with van der Waals surface area (Å²) in [6, 6.07) is 21.6. The summed E-state index contributed by atoms with van der Waals surface area (Å²) >= 11 is 3.34. The Bertz CT molecular complexity index is 2020. The highest BCUT2D eigenvalue weighted by atomic mass is 79.9. The fourth-order valence-electron chi connectivity index (χ4n) is 5.55. The van der Waals surface area contributed by atoms with Crippen molar-refractivity contribution in [2.24, 2.45) is 0 Å². The minimum Gasteiger partial charge on any atom is -0.497 e. The van der Waals surface area contributed by atoms with Crippen LogP contribution in [0.2, 0.25) is 0 Å². The molecule has 0 unspecified atom stereocenters. The lowest BCUT2D eigenvalue weighted by molar-refractivity contribution is 0.0729. The molecule has 0 saturated heterocycles. The summed E-state index contributed by atoms with van der Waals surface area (Å²) in [6.45, 7) is 0.512. The zero-order chi connectivity index (χ0) is 31.0. The van der Waals surface area contributed by atoms with Crippen molar-refractivity contribution >= 4 is 33.4 Å². The van der Waals surface area contributed by atoms with E-state index in [9.17, 15) is 19.6 Å². The zero-order valence-electron chi connectivity index (χ0n) is 24.0. The first kappa shape index (κ1) is 28.9. The molecule has 6 rings (SSSR count). The van der Waals surface area contributed by atoms with Crippen LogP contribution < -0.4 is 15.6 Å². The van der Waals surface area contributed by atoms with Gasteiger partial charge in [0.05, 0.1) is 36.8 Å². The highest BCUT2D eigenvalue weighted by Gasteiger charge is 2.29. The van der Waals surface area contributed by atoms with Gasteiger partial charge >= 0.3 is 0 Å². The van der Waals surface area contributed by atoms with Crippen LogP contribution in [-0.4, -0.2) is 51.6 Å². The van der Waals surface area contributed by atoms with Crippen LogP contribution in [-0.2, 0) is 19.4 Å². The van der Waals surface area contributed by atoms with Crippen molar-refractivity contribution in [2.45, 2.75) is 19.4 Å². The fourth-order valence-corrected chi connectivity index (χ4v) is 5.88. The normalized spacial score (nSPS) is 12.5. The van der Waals surface area contributed by atoms with E-state index in [0.717, 1.165) is 16.9 Å². The number of methoxy groups -OCH3 is 1.